The maximum absolute atomic E-state index is 13.2. The number of hydrogen-bond donors (Lipinski definition) is 2. The Morgan fingerprint density at radius 3 is 2.61 bits per heavy atom. The second-order valence-electron chi connectivity index (χ2n) is 4.76. The second-order valence-corrected chi connectivity index (χ2v) is 5.62. The van der Waals surface area contributed by atoms with Crippen LogP contribution in [-0.2, 0) is 13.1 Å². The van der Waals surface area contributed by atoms with Gasteiger partial charge in [0.1, 0.15) is 11.6 Å². The van der Waals surface area contributed by atoms with Gasteiger partial charge in [0.25, 0.3) is 0 Å². The molecule has 23 heavy (non-hydrogen) atoms. The van der Waals surface area contributed by atoms with Crippen LogP contribution in [-0.4, -0.2) is 18.0 Å². The number of aryl methyl sites for hydroxylation is 2. The van der Waals surface area contributed by atoms with Gasteiger partial charge in [-0.15, -0.1) is 24.0 Å². The van der Waals surface area contributed by atoms with E-state index in [0.717, 1.165) is 21.5 Å². The Morgan fingerprint density at radius 1 is 1.30 bits per heavy atom. The van der Waals surface area contributed by atoms with Crippen LogP contribution in [0.15, 0.2) is 32.1 Å². The molecule has 0 aliphatic heterocycles. The van der Waals surface area contributed by atoms with Gasteiger partial charge in [0, 0.05) is 18.1 Å². The highest BCUT2D eigenvalue weighted by atomic mass is 127. The molecule has 0 amide bonds. The SMILES string of the molecule is CN=C(NCc1nc(C)c(C)o1)NCc1cc(F)ccc1Br.I. The van der Waals surface area contributed by atoms with Crippen LogP contribution >= 0.6 is 39.9 Å². The van der Waals surface area contributed by atoms with E-state index in [1.807, 2.05) is 13.8 Å². The van der Waals surface area contributed by atoms with Crippen molar-refractivity contribution in [1.82, 2.24) is 15.6 Å². The normalized spacial score (nSPS) is 11.1. The molecule has 0 fully saturated rings. The molecule has 2 aromatic rings. The van der Waals surface area contributed by atoms with E-state index in [0.29, 0.717) is 24.9 Å². The minimum atomic E-state index is -0.270. The topological polar surface area (TPSA) is 62.5 Å². The Kier molecular flexibility index (Phi) is 7.97. The zero-order valence-electron chi connectivity index (χ0n) is 13.1. The Morgan fingerprint density at radius 2 is 2.00 bits per heavy atom. The Labute approximate surface area is 160 Å². The number of oxazole rings is 1. The fourth-order valence-corrected chi connectivity index (χ4v) is 2.24. The highest BCUT2D eigenvalue weighted by molar-refractivity contribution is 14.0. The van der Waals surface area contributed by atoms with E-state index < -0.39 is 0 Å². The average Bonchev–Trinajstić information content (AvgIpc) is 2.81. The lowest BCUT2D eigenvalue weighted by atomic mass is 10.2. The van der Waals surface area contributed by atoms with Crippen molar-refractivity contribution < 1.29 is 8.81 Å². The third-order valence-corrected chi connectivity index (χ3v) is 3.93. The van der Waals surface area contributed by atoms with Crippen molar-refractivity contribution in [1.29, 1.82) is 0 Å². The van der Waals surface area contributed by atoms with Gasteiger partial charge in [0.15, 0.2) is 5.96 Å². The maximum atomic E-state index is 13.2. The fraction of sp³-hybridized carbons (Fsp3) is 0.333. The summed E-state index contributed by atoms with van der Waals surface area (Å²) in [6, 6.07) is 4.57. The molecule has 0 aliphatic rings. The summed E-state index contributed by atoms with van der Waals surface area (Å²) in [5.41, 5.74) is 1.69. The van der Waals surface area contributed by atoms with Crippen molar-refractivity contribution >= 4 is 45.9 Å². The van der Waals surface area contributed by atoms with Gasteiger partial charge in [-0.2, -0.15) is 0 Å². The Bertz CT molecular complexity index is 671. The van der Waals surface area contributed by atoms with Crippen LogP contribution in [0.1, 0.15) is 22.9 Å². The summed E-state index contributed by atoms with van der Waals surface area (Å²) in [6.07, 6.45) is 0. The molecule has 2 rings (SSSR count). The lowest BCUT2D eigenvalue weighted by Crippen LogP contribution is -2.36. The number of nitrogens with one attached hydrogen (secondary N) is 2. The summed E-state index contributed by atoms with van der Waals surface area (Å²) < 4.78 is 19.6. The first-order valence-corrected chi connectivity index (χ1v) is 7.60. The summed E-state index contributed by atoms with van der Waals surface area (Å²) in [5, 5.41) is 6.22. The molecule has 1 aromatic heterocycles. The molecule has 126 valence electrons. The number of rotatable bonds is 4. The van der Waals surface area contributed by atoms with Crippen molar-refractivity contribution in [2.45, 2.75) is 26.9 Å². The molecule has 8 heteroatoms. The minimum Gasteiger partial charge on any atom is -0.444 e. The summed E-state index contributed by atoms with van der Waals surface area (Å²) in [6.45, 7) is 4.65. The van der Waals surface area contributed by atoms with Crippen LogP contribution in [0.4, 0.5) is 4.39 Å². The number of aliphatic imine (C=N–C) groups is 1. The molecule has 0 radical (unpaired) electrons. The molecule has 0 atom stereocenters. The Balaban J connectivity index is 0.00000264. The zero-order chi connectivity index (χ0) is 16.1. The molecule has 0 unspecified atom stereocenters. The minimum absolute atomic E-state index is 0. The van der Waals surface area contributed by atoms with Gasteiger partial charge < -0.3 is 15.1 Å². The van der Waals surface area contributed by atoms with E-state index in [1.165, 1.54) is 12.1 Å². The molecule has 5 nitrogen and oxygen atoms in total. The van der Waals surface area contributed by atoms with Crippen LogP contribution in [0.25, 0.3) is 0 Å². The zero-order valence-corrected chi connectivity index (χ0v) is 17.0. The van der Waals surface area contributed by atoms with Crippen molar-refractivity contribution in [3.05, 3.63) is 51.4 Å². The van der Waals surface area contributed by atoms with Crippen LogP contribution in [0.2, 0.25) is 0 Å². The number of aromatic nitrogens is 1. The number of nitrogens with zero attached hydrogens (tertiary/aromatic N) is 2. The molecule has 0 saturated carbocycles. The van der Waals surface area contributed by atoms with Crippen LogP contribution in [0.3, 0.4) is 0 Å². The second kappa shape index (κ2) is 9.21. The lowest BCUT2D eigenvalue weighted by Gasteiger charge is -2.11. The van der Waals surface area contributed by atoms with Crippen molar-refractivity contribution in [3.63, 3.8) is 0 Å². The summed E-state index contributed by atoms with van der Waals surface area (Å²) in [7, 11) is 1.67. The van der Waals surface area contributed by atoms with Gasteiger partial charge in [-0.05, 0) is 37.6 Å². The average molecular weight is 497 g/mol. The molecule has 2 N–H and O–H groups in total. The number of guanidine groups is 1. The number of hydrogen-bond acceptors (Lipinski definition) is 3. The number of halogens is 3. The third kappa shape index (κ3) is 5.76. The standard InChI is InChI=1S/C15H18BrFN4O.HI/c1-9-10(2)22-14(21-9)8-20-15(18-3)19-7-11-6-12(17)4-5-13(11)16;/h4-6H,7-8H2,1-3H3,(H2,18,19,20);1H. The quantitative estimate of drug-likeness (QED) is 0.385. The van der Waals surface area contributed by atoms with E-state index >= 15 is 0 Å². The summed E-state index contributed by atoms with van der Waals surface area (Å²) in [4.78, 5) is 8.41. The lowest BCUT2D eigenvalue weighted by molar-refractivity contribution is 0.463. The highest BCUT2D eigenvalue weighted by Crippen LogP contribution is 2.17. The van der Waals surface area contributed by atoms with Gasteiger partial charge >= 0.3 is 0 Å². The van der Waals surface area contributed by atoms with E-state index in [2.05, 4.69) is 36.5 Å². The summed E-state index contributed by atoms with van der Waals surface area (Å²) >= 11 is 3.40. The van der Waals surface area contributed by atoms with Crippen molar-refractivity contribution in [3.8, 4) is 0 Å². The molecular formula is C15H19BrFIN4O. The van der Waals surface area contributed by atoms with E-state index in [9.17, 15) is 4.39 Å². The van der Waals surface area contributed by atoms with Crippen molar-refractivity contribution in [2.75, 3.05) is 7.05 Å². The molecule has 1 aromatic carbocycles. The molecule has 1 heterocycles. The van der Waals surface area contributed by atoms with Gasteiger partial charge in [-0.1, -0.05) is 15.9 Å². The Hall–Kier alpha value is -1.16. The van der Waals surface area contributed by atoms with Gasteiger partial charge in [-0.25, -0.2) is 9.37 Å². The maximum Gasteiger partial charge on any atom is 0.214 e. The molecular weight excluding hydrogens is 478 g/mol. The first-order valence-electron chi connectivity index (χ1n) is 6.81. The summed E-state index contributed by atoms with van der Waals surface area (Å²) in [5.74, 6) is 1.73. The highest BCUT2D eigenvalue weighted by Gasteiger charge is 2.07. The predicted octanol–water partition coefficient (Wildman–Crippen LogP) is 3.68. The molecule has 0 aliphatic carbocycles. The number of benzene rings is 1. The first kappa shape index (κ1) is 19.9. The first-order chi connectivity index (χ1) is 10.5. The largest absolute Gasteiger partial charge is 0.444 e. The van der Waals surface area contributed by atoms with Gasteiger partial charge in [-0.3, -0.25) is 4.99 Å². The third-order valence-electron chi connectivity index (χ3n) is 3.16. The fourth-order valence-electron chi connectivity index (χ4n) is 1.85. The molecule has 0 spiro atoms. The molecule has 0 saturated heterocycles. The van der Waals surface area contributed by atoms with E-state index in [-0.39, 0.29) is 29.8 Å². The molecule has 0 bridgehead atoms. The van der Waals surface area contributed by atoms with E-state index in [4.69, 9.17) is 4.42 Å². The predicted molar refractivity (Wildman–Crippen MR) is 103 cm³/mol. The van der Waals surface area contributed by atoms with Crippen LogP contribution < -0.4 is 10.6 Å². The van der Waals surface area contributed by atoms with Crippen LogP contribution in [0, 0.1) is 19.7 Å². The monoisotopic (exact) mass is 496 g/mol. The van der Waals surface area contributed by atoms with Gasteiger partial charge in [0.2, 0.25) is 5.89 Å². The van der Waals surface area contributed by atoms with Crippen LogP contribution in [0.5, 0.6) is 0 Å². The van der Waals surface area contributed by atoms with Gasteiger partial charge in [0.05, 0.1) is 12.2 Å². The smallest absolute Gasteiger partial charge is 0.214 e. The van der Waals surface area contributed by atoms with Crippen molar-refractivity contribution in [2.24, 2.45) is 4.99 Å². The van der Waals surface area contributed by atoms with E-state index in [1.54, 1.807) is 13.1 Å².